The van der Waals surface area contributed by atoms with Crippen LogP contribution >= 0.6 is 17.0 Å². The number of primary amides is 2. The van der Waals surface area contributed by atoms with Gasteiger partial charge in [0.2, 0.25) is 0 Å². The Morgan fingerprint density at radius 2 is 1.17 bits per heavy atom. The third-order valence-corrected chi connectivity index (χ3v) is 0. The molecule has 0 aromatic rings. The fourth-order valence-corrected chi connectivity index (χ4v) is 0. The third-order valence-electron chi connectivity index (χ3n) is 0. The van der Waals surface area contributed by atoms with Crippen molar-refractivity contribution in [1.29, 1.82) is 0 Å². The van der Waals surface area contributed by atoms with Crippen LogP contribution in [-0.2, 0) is 30.4 Å². The van der Waals surface area contributed by atoms with E-state index >= 15 is 0 Å². The van der Waals surface area contributed by atoms with Crippen LogP contribution in [0.3, 0.4) is 0 Å². The van der Waals surface area contributed by atoms with E-state index in [2.05, 4.69) is 24.6 Å². The predicted molar refractivity (Wildman–Crippen MR) is 50.3 cm³/mol. The summed E-state index contributed by atoms with van der Waals surface area (Å²) in [5.41, 5.74) is 8.08. The first-order valence-electron chi connectivity index (χ1n) is 2.52. The molecular weight excluding hydrogens is 298 g/mol. The standard InChI is InChI=1S/C2H7Si.2CH2NO.2ClH.Zr/c1-3-2;2*2-1-3;;;/h3H,1-2H3;2*(H2,2,3);2*1H;/q;2*-1;;;+4/p-2. The van der Waals surface area contributed by atoms with Crippen molar-refractivity contribution in [2.45, 2.75) is 13.1 Å². The average Bonchev–Trinajstić information content (AvgIpc) is 1.92. The van der Waals surface area contributed by atoms with Gasteiger partial charge in [-0.3, -0.25) is 0 Å². The van der Waals surface area contributed by atoms with Gasteiger partial charge in [0.25, 0.3) is 0 Å². The van der Waals surface area contributed by atoms with Gasteiger partial charge in [0.1, 0.15) is 0 Å². The van der Waals surface area contributed by atoms with Gasteiger partial charge in [-0.15, -0.1) is 0 Å². The molecule has 0 unspecified atom stereocenters. The normalized spacial score (nSPS) is 4.33. The molecule has 12 heavy (non-hydrogen) atoms. The Morgan fingerprint density at radius 1 is 1.17 bits per heavy atom. The van der Waals surface area contributed by atoms with E-state index in [1.165, 1.54) is 0 Å². The summed E-state index contributed by atoms with van der Waals surface area (Å²) < 4.78 is 0. The van der Waals surface area contributed by atoms with Crippen molar-refractivity contribution in [2.24, 2.45) is 11.5 Å². The molecule has 8 heteroatoms. The minimum atomic E-state index is -0.826. The van der Waals surface area contributed by atoms with Crippen molar-refractivity contribution < 1.29 is 30.4 Å². The summed E-state index contributed by atoms with van der Waals surface area (Å²) in [5.74, 6) is 0. The van der Waals surface area contributed by atoms with Crippen molar-refractivity contribution in [2.75, 3.05) is 0 Å². The molecule has 4 nitrogen and oxygen atoms in total. The summed E-state index contributed by atoms with van der Waals surface area (Å²) in [4.78, 5) is 16.9. The molecule has 0 aromatic carbocycles. The molecule has 0 aliphatic heterocycles. The zero-order valence-electron chi connectivity index (χ0n) is 6.80. The van der Waals surface area contributed by atoms with Gasteiger partial charge in [-0.2, -0.15) is 12.8 Å². The summed E-state index contributed by atoms with van der Waals surface area (Å²) in [6, 6.07) is 0. The number of nitrogens with two attached hydrogens (primary N) is 2. The van der Waals surface area contributed by atoms with E-state index < -0.39 is 20.8 Å². The fraction of sp³-hybridized carbons (Fsp3) is 0.500. The number of rotatable bonds is 0. The molecule has 0 saturated heterocycles. The van der Waals surface area contributed by atoms with Crippen molar-refractivity contribution in [3.8, 4) is 0 Å². The van der Waals surface area contributed by atoms with E-state index in [0.29, 0.717) is 0 Å². The maximum absolute atomic E-state index is 8.46. The number of halogens is 2. The quantitative estimate of drug-likeness (QED) is 0.372. The van der Waals surface area contributed by atoms with Crippen LogP contribution in [0.5, 0.6) is 0 Å². The molecule has 0 saturated carbocycles. The molecule has 0 aliphatic carbocycles. The van der Waals surface area contributed by atoms with Gasteiger partial charge < -0.3 is 21.1 Å². The summed E-state index contributed by atoms with van der Waals surface area (Å²) in [6.45, 7) is 4.42. The van der Waals surface area contributed by atoms with Crippen molar-refractivity contribution in [3.63, 3.8) is 0 Å². The Labute approximate surface area is 93.8 Å². The first-order chi connectivity index (χ1) is 5.66. The van der Waals surface area contributed by atoms with Crippen LogP contribution in [0.1, 0.15) is 0 Å². The molecule has 0 atom stereocenters. The Balaban J connectivity index is -0.0000000356. The molecule has 0 rings (SSSR count). The molecule has 4 N–H and O–H groups in total. The second kappa shape index (κ2) is 61.4. The SMILES string of the molecule is C[SiH]C.N[C-]=O.N[C-]=O.[Cl][Zr+2][Cl]. The second-order valence-corrected chi connectivity index (χ2v) is 5.77. The van der Waals surface area contributed by atoms with Crippen LogP contribution < -0.4 is 11.5 Å². The van der Waals surface area contributed by atoms with Crippen molar-refractivity contribution in [1.82, 2.24) is 0 Å². The van der Waals surface area contributed by atoms with Gasteiger partial charge in [-0.05, 0) is 0 Å². The van der Waals surface area contributed by atoms with E-state index in [4.69, 9.17) is 26.6 Å². The monoisotopic (exact) mass is 307 g/mol. The van der Waals surface area contributed by atoms with Crippen molar-refractivity contribution >= 4 is 39.4 Å². The van der Waals surface area contributed by atoms with Crippen LogP contribution in [0.4, 0.5) is 0 Å². The van der Waals surface area contributed by atoms with Gasteiger partial charge in [0, 0.05) is 9.52 Å². The van der Waals surface area contributed by atoms with Crippen molar-refractivity contribution in [3.05, 3.63) is 0 Å². The molecular formula is C4H11Cl2N2O2SiZr. The predicted octanol–water partition coefficient (Wildman–Crippen LogP) is -0.0798. The molecule has 0 spiro atoms. The Kier molecular flexibility index (Phi) is 117. The Bertz CT molecular complexity index is 65.0. The first kappa shape index (κ1) is 22.9. The zero-order valence-corrected chi connectivity index (χ0v) is 11.9. The molecule has 0 fully saturated rings. The molecule has 0 bridgehead atoms. The van der Waals surface area contributed by atoms with E-state index in [-0.39, 0.29) is 0 Å². The first-order valence-corrected chi connectivity index (χ1v) is 11.2. The summed E-state index contributed by atoms with van der Waals surface area (Å²) in [6.07, 6.45) is 2.00. The van der Waals surface area contributed by atoms with Gasteiger partial charge in [0.05, 0.1) is 0 Å². The van der Waals surface area contributed by atoms with E-state index in [1.54, 1.807) is 0 Å². The van der Waals surface area contributed by atoms with Gasteiger partial charge >= 0.3 is 37.9 Å². The van der Waals surface area contributed by atoms with Crippen LogP contribution in [0.2, 0.25) is 13.1 Å². The Morgan fingerprint density at radius 3 is 1.17 bits per heavy atom. The average molecular weight is 309 g/mol. The van der Waals surface area contributed by atoms with E-state index in [1.807, 2.05) is 0 Å². The number of hydrogen-bond acceptors (Lipinski definition) is 2. The van der Waals surface area contributed by atoms with Crippen LogP contribution in [-0.4, -0.2) is 22.3 Å². The molecule has 0 heterocycles. The topological polar surface area (TPSA) is 86.2 Å². The molecule has 0 aliphatic rings. The summed E-state index contributed by atoms with van der Waals surface area (Å²) in [5, 5.41) is 0. The fourth-order valence-electron chi connectivity index (χ4n) is 0. The molecule has 1 radical (unpaired) electrons. The number of carbonyl (C=O) groups excluding carboxylic acids is 2. The van der Waals surface area contributed by atoms with Crippen LogP contribution in [0.15, 0.2) is 0 Å². The minimum absolute atomic E-state index is 0.750. The Hall–Kier alpha value is 0.620. The summed E-state index contributed by atoms with van der Waals surface area (Å²) >= 11 is -0.826. The molecule has 0 aromatic heterocycles. The molecule has 71 valence electrons. The van der Waals surface area contributed by atoms with Gasteiger partial charge in [-0.25, -0.2) is 0 Å². The zero-order chi connectivity index (χ0) is 10.8. The second-order valence-electron chi connectivity index (χ2n) is 0.884. The maximum atomic E-state index is 8.46. The van der Waals surface area contributed by atoms with Gasteiger partial charge in [0.15, 0.2) is 0 Å². The van der Waals surface area contributed by atoms with Gasteiger partial charge in [-0.1, -0.05) is 13.1 Å². The number of amides is 2. The van der Waals surface area contributed by atoms with Crippen LogP contribution in [0.25, 0.3) is 0 Å². The van der Waals surface area contributed by atoms with E-state index in [9.17, 15) is 0 Å². The number of hydrogen-bond donors (Lipinski definition) is 2. The van der Waals surface area contributed by atoms with Crippen LogP contribution in [0, 0.1) is 0 Å². The summed E-state index contributed by atoms with van der Waals surface area (Å²) in [7, 11) is 10.6. The third kappa shape index (κ3) is 2560. The molecule has 2 amide bonds. The van der Waals surface area contributed by atoms with E-state index in [0.717, 1.165) is 22.3 Å².